The van der Waals surface area contributed by atoms with Crippen LogP contribution in [0.2, 0.25) is 5.15 Å². The van der Waals surface area contributed by atoms with E-state index in [1.165, 1.54) is 0 Å². The number of hydrogen-bond donors (Lipinski definition) is 1. The van der Waals surface area contributed by atoms with Crippen molar-refractivity contribution in [2.45, 2.75) is 19.1 Å². The zero-order valence-electron chi connectivity index (χ0n) is 8.54. The highest BCUT2D eigenvalue weighted by Gasteiger charge is 2.02. The molecule has 0 aliphatic rings. The highest BCUT2D eigenvalue weighted by molar-refractivity contribution is 7.99. The Kier molecular flexibility index (Phi) is 4.48. The van der Waals surface area contributed by atoms with Crippen molar-refractivity contribution < 1.29 is 0 Å². The van der Waals surface area contributed by atoms with Gasteiger partial charge in [0.2, 0.25) is 0 Å². The highest BCUT2D eigenvalue weighted by atomic mass is 35.5. The summed E-state index contributed by atoms with van der Waals surface area (Å²) in [6, 6.07) is 1.74. The lowest BCUT2D eigenvalue weighted by Crippen LogP contribution is -2.13. The first kappa shape index (κ1) is 11.6. The molecule has 0 spiro atoms. The first-order valence-corrected chi connectivity index (χ1v) is 6.06. The van der Waals surface area contributed by atoms with Gasteiger partial charge in [0.05, 0.1) is 0 Å². The van der Waals surface area contributed by atoms with Crippen molar-refractivity contribution in [2.75, 3.05) is 18.1 Å². The number of nitrogens with one attached hydrogen (secondary N) is 1. The molecule has 3 nitrogen and oxygen atoms in total. The third-order valence-electron chi connectivity index (χ3n) is 1.78. The summed E-state index contributed by atoms with van der Waals surface area (Å²) in [5, 5.41) is 4.26. The van der Waals surface area contributed by atoms with Crippen LogP contribution in [0.3, 0.4) is 0 Å². The second-order valence-electron chi connectivity index (χ2n) is 3.05. The molecule has 78 valence electrons. The number of rotatable bonds is 4. The Balaban J connectivity index is 2.58. The molecule has 1 unspecified atom stereocenters. The van der Waals surface area contributed by atoms with Crippen LogP contribution in [0.4, 0.5) is 5.82 Å². The third-order valence-corrected chi connectivity index (χ3v) is 2.94. The lowest BCUT2D eigenvalue weighted by atomic mass is 10.4. The van der Waals surface area contributed by atoms with E-state index in [4.69, 9.17) is 11.6 Å². The molecule has 5 heteroatoms. The Hall–Kier alpha value is -0.480. The summed E-state index contributed by atoms with van der Waals surface area (Å²) >= 11 is 7.62. The Morgan fingerprint density at radius 1 is 1.57 bits per heavy atom. The topological polar surface area (TPSA) is 37.8 Å². The van der Waals surface area contributed by atoms with Crippen LogP contribution in [0.5, 0.6) is 0 Å². The van der Waals surface area contributed by atoms with E-state index in [0.29, 0.717) is 16.2 Å². The van der Waals surface area contributed by atoms with Crippen LogP contribution in [0.1, 0.15) is 12.7 Å². The average Bonchev–Trinajstić information content (AvgIpc) is 2.12. The molecule has 14 heavy (non-hydrogen) atoms. The molecule has 1 N–H and O–H groups in total. The molecule has 0 amide bonds. The minimum absolute atomic E-state index is 0.483. The zero-order chi connectivity index (χ0) is 10.6. The summed E-state index contributed by atoms with van der Waals surface area (Å²) in [7, 11) is 0. The van der Waals surface area contributed by atoms with Crippen molar-refractivity contribution in [1.29, 1.82) is 0 Å². The first-order valence-electron chi connectivity index (χ1n) is 4.39. The predicted molar refractivity (Wildman–Crippen MR) is 63.2 cm³/mol. The summed E-state index contributed by atoms with van der Waals surface area (Å²) in [5.74, 6) is 1.49. The number of anilines is 1. The zero-order valence-corrected chi connectivity index (χ0v) is 10.1. The summed E-state index contributed by atoms with van der Waals surface area (Å²) in [6.45, 7) is 4.87. The van der Waals surface area contributed by atoms with Gasteiger partial charge in [-0.15, -0.1) is 0 Å². The highest BCUT2D eigenvalue weighted by Crippen LogP contribution is 2.12. The second-order valence-corrected chi connectivity index (χ2v) is 4.71. The first-order chi connectivity index (χ1) is 6.61. The Morgan fingerprint density at radius 2 is 2.29 bits per heavy atom. The SMILES string of the molecule is CSC(C)CNc1cc(Cl)nc(C)n1. The van der Waals surface area contributed by atoms with Gasteiger partial charge in [0.25, 0.3) is 0 Å². The van der Waals surface area contributed by atoms with Crippen LogP contribution >= 0.6 is 23.4 Å². The van der Waals surface area contributed by atoms with E-state index in [1.54, 1.807) is 6.07 Å². The van der Waals surface area contributed by atoms with E-state index < -0.39 is 0 Å². The fourth-order valence-corrected chi connectivity index (χ4v) is 1.43. The number of halogens is 1. The van der Waals surface area contributed by atoms with E-state index in [9.17, 15) is 0 Å². The fraction of sp³-hybridized carbons (Fsp3) is 0.556. The number of aromatic nitrogens is 2. The lowest BCUT2D eigenvalue weighted by Gasteiger charge is -2.10. The average molecular weight is 232 g/mol. The lowest BCUT2D eigenvalue weighted by molar-refractivity contribution is 0.971. The second kappa shape index (κ2) is 5.41. The van der Waals surface area contributed by atoms with Crippen LogP contribution in [0.25, 0.3) is 0 Å². The predicted octanol–water partition coefficient (Wildman–Crippen LogP) is 2.60. The van der Waals surface area contributed by atoms with Crippen molar-refractivity contribution in [2.24, 2.45) is 0 Å². The van der Waals surface area contributed by atoms with Crippen LogP contribution < -0.4 is 5.32 Å². The summed E-state index contributed by atoms with van der Waals surface area (Å²) in [6.07, 6.45) is 2.09. The third kappa shape index (κ3) is 3.72. The van der Waals surface area contributed by atoms with Gasteiger partial charge in [-0.25, -0.2) is 9.97 Å². The molecule has 1 rings (SSSR count). The van der Waals surface area contributed by atoms with E-state index >= 15 is 0 Å². The van der Waals surface area contributed by atoms with Gasteiger partial charge >= 0.3 is 0 Å². The number of thioether (sulfide) groups is 1. The quantitative estimate of drug-likeness (QED) is 0.809. The Bertz CT molecular complexity index is 286. The van der Waals surface area contributed by atoms with Crippen molar-refractivity contribution in [3.05, 3.63) is 17.0 Å². The van der Waals surface area contributed by atoms with E-state index in [1.807, 2.05) is 18.7 Å². The molecule has 0 fully saturated rings. The molecule has 0 aromatic carbocycles. The molecule has 1 aromatic rings. The number of hydrogen-bond acceptors (Lipinski definition) is 4. The number of aryl methyl sites for hydroxylation is 1. The van der Waals surface area contributed by atoms with Crippen molar-refractivity contribution >= 4 is 29.2 Å². The molecule has 0 bridgehead atoms. The summed E-state index contributed by atoms with van der Waals surface area (Å²) in [4.78, 5) is 8.21. The fourth-order valence-electron chi connectivity index (χ4n) is 0.953. The van der Waals surface area contributed by atoms with Crippen LogP contribution in [0.15, 0.2) is 6.07 Å². The van der Waals surface area contributed by atoms with Gasteiger partial charge in [-0.3, -0.25) is 0 Å². The minimum atomic E-state index is 0.483. The molecule has 0 saturated heterocycles. The van der Waals surface area contributed by atoms with Crippen LogP contribution in [-0.2, 0) is 0 Å². The van der Waals surface area contributed by atoms with E-state index in [2.05, 4.69) is 28.5 Å². The normalized spacial score (nSPS) is 12.6. The van der Waals surface area contributed by atoms with Gasteiger partial charge in [-0.2, -0.15) is 11.8 Å². The monoisotopic (exact) mass is 231 g/mol. The maximum atomic E-state index is 5.80. The van der Waals surface area contributed by atoms with E-state index in [0.717, 1.165) is 12.4 Å². The van der Waals surface area contributed by atoms with Gasteiger partial charge in [0.15, 0.2) is 0 Å². The Labute approximate surface area is 93.7 Å². The molecule has 1 atom stereocenters. The molecule has 1 aromatic heterocycles. The van der Waals surface area contributed by atoms with Crippen molar-refractivity contribution in [1.82, 2.24) is 9.97 Å². The molecule has 0 aliphatic carbocycles. The van der Waals surface area contributed by atoms with Crippen molar-refractivity contribution in [3.63, 3.8) is 0 Å². The number of nitrogens with zero attached hydrogens (tertiary/aromatic N) is 2. The summed E-state index contributed by atoms with van der Waals surface area (Å²) < 4.78 is 0. The van der Waals surface area contributed by atoms with Gasteiger partial charge in [-0.05, 0) is 13.2 Å². The largest absolute Gasteiger partial charge is 0.369 e. The maximum absolute atomic E-state index is 5.80. The molecule has 0 radical (unpaired) electrons. The molecule has 0 saturated carbocycles. The molecule has 1 heterocycles. The molecular weight excluding hydrogens is 218 g/mol. The molecular formula is C9H14ClN3S. The smallest absolute Gasteiger partial charge is 0.134 e. The van der Waals surface area contributed by atoms with Gasteiger partial charge in [0, 0.05) is 17.9 Å². The standard InChI is InChI=1S/C9H14ClN3S/c1-6(14-3)5-11-9-4-8(10)12-7(2)13-9/h4,6H,5H2,1-3H3,(H,11,12,13). The van der Waals surface area contributed by atoms with Crippen LogP contribution in [0, 0.1) is 6.92 Å². The van der Waals surface area contributed by atoms with Gasteiger partial charge in [-0.1, -0.05) is 18.5 Å². The maximum Gasteiger partial charge on any atom is 0.134 e. The minimum Gasteiger partial charge on any atom is -0.369 e. The summed E-state index contributed by atoms with van der Waals surface area (Å²) in [5.41, 5.74) is 0. The van der Waals surface area contributed by atoms with Gasteiger partial charge < -0.3 is 5.32 Å². The van der Waals surface area contributed by atoms with E-state index in [-0.39, 0.29) is 0 Å². The van der Waals surface area contributed by atoms with Crippen LogP contribution in [-0.4, -0.2) is 28.0 Å². The molecule has 0 aliphatic heterocycles. The Morgan fingerprint density at radius 3 is 2.86 bits per heavy atom. The van der Waals surface area contributed by atoms with Crippen molar-refractivity contribution in [3.8, 4) is 0 Å². The van der Waals surface area contributed by atoms with Gasteiger partial charge in [0.1, 0.15) is 16.8 Å².